The number of hydrogen-bond acceptors (Lipinski definition) is 8. The minimum absolute atomic E-state index is 0.0114. The normalized spacial score (nSPS) is 20.2. The Balaban J connectivity index is 1.84. The van der Waals surface area contributed by atoms with Gasteiger partial charge in [0, 0.05) is 24.7 Å². The van der Waals surface area contributed by atoms with Crippen molar-refractivity contribution in [2.75, 3.05) is 19.6 Å². The van der Waals surface area contributed by atoms with Crippen molar-refractivity contribution in [1.82, 2.24) is 13.6 Å². The fourth-order valence-corrected chi connectivity index (χ4v) is 9.35. The van der Waals surface area contributed by atoms with Crippen LogP contribution in [0, 0.1) is 0 Å². The Morgan fingerprint density at radius 1 is 0.923 bits per heavy atom. The lowest BCUT2D eigenvalue weighted by Crippen LogP contribution is -2.72. The van der Waals surface area contributed by atoms with E-state index >= 15 is 0 Å². The quantitative estimate of drug-likeness (QED) is 0.423. The van der Waals surface area contributed by atoms with Crippen LogP contribution in [0.4, 0.5) is 0 Å². The molecule has 0 amide bonds. The van der Waals surface area contributed by atoms with Crippen LogP contribution in [0.3, 0.4) is 0 Å². The summed E-state index contributed by atoms with van der Waals surface area (Å²) >= 11 is 0. The van der Waals surface area contributed by atoms with E-state index in [1.807, 2.05) is 20.8 Å². The summed E-state index contributed by atoms with van der Waals surface area (Å²) in [4.78, 5) is 12.7. The number of rotatable bonds is 6. The largest absolute Gasteiger partial charge is 0.479 e. The molecule has 4 rings (SSSR count). The molecule has 3 N–H and O–H groups in total. The predicted octanol–water partition coefficient (Wildman–Crippen LogP) is 1.30. The van der Waals surface area contributed by atoms with E-state index in [9.17, 15) is 35.2 Å². The number of para-hydroxylation sites is 1. The standard InChI is InChI=1S/C24H28N4O8S3/c1-23(2,3)18-9-11-19(12-10-18)37(31,32)27-14-15-28(24(16-27,22(29)30)39(25,35)36)38(33,34)20-8-4-6-17-7-5-13-26-21(17)20/h4-13H,14-16H2,1-3H3,(H,29,30)(H2,25,35,36)/t24-/m0/s1. The molecule has 1 aromatic heterocycles. The van der Waals surface area contributed by atoms with E-state index in [1.165, 1.54) is 30.5 Å². The van der Waals surface area contributed by atoms with Gasteiger partial charge in [0.25, 0.3) is 4.87 Å². The van der Waals surface area contributed by atoms with Gasteiger partial charge in [0.2, 0.25) is 30.1 Å². The summed E-state index contributed by atoms with van der Waals surface area (Å²) in [5.41, 5.74) is 0.554. The van der Waals surface area contributed by atoms with Crippen LogP contribution < -0.4 is 5.14 Å². The van der Waals surface area contributed by atoms with Crippen LogP contribution in [0.2, 0.25) is 0 Å². The summed E-state index contributed by atoms with van der Waals surface area (Å²) in [6.07, 6.45) is 1.33. The van der Waals surface area contributed by atoms with Gasteiger partial charge in [-0.25, -0.2) is 35.2 Å². The van der Waals surface area contributed by atoms with Gasteiger partial charge in [-0.2, -0.15) is 8.61 Å². The molecule has 0 aliphatic carbocycles. The fraction of sp³-hybridized carbons (Fsp3) is 0.333. The Hall–Kier alpha value is -2.95. The number of benzene rings is 2. The molecular formula is C24H28N4O8S3. The van der Waals surface area contributed by atoms with Gasteiger partial charge in [-0.15, -0.1) is 0 Å². The van der Waals surface area contributed by atoms with Gasteiger partial charge >= 0.3 is 5.97 Å². The molecule has 0 bridgehead atoms. The topological polar surface area (TPSA) is 185 Å². The van der Waals surface area contributed by atoms with Gasteiger partial charge in [0.15, 0.2) is 0 Å². The Morgan fingerprint density at radius 3 is 2.10 bits per heavy atom. The molecule has 0 spiro atoms. The van der Waals surface area contributed by atoms with Gasteiger partial charge < -0.3 is 5.11 Å². The SMILES string of the molecule is CC(C)(C)c1ccc(S(=O)(=O)N2CCN(S(=O)(=O)c3cccc4cccnc34)[C@](C(=O)O)(S(N)(=O)=O)C2)cc1. The van der Waals surface area contributed by atoms with Gasteiger partial charge in [0.1, 0.15) is 4.90 Å². The molecule has 15 heteroatoms. The molecule has 0 unspecified atom stereocenters. The number of aromatic nitrogens is 1. The van der Waals surface area contributed by atoms with Gasteiger partial charge in [0.05, 0.1) is 17.0 Å². The maximum Gasteiger partial charge on any atom is 0.343 e. The zero-order valence-corrected chi connectivity index (χ0v) is 23.8. The van der Waals surface area contributed by atoms with Crippen molar-refractivity contribution in [1.29, 1.82) is 0 Å². The fourth-order valence-electron chi connectivity index (χ4n) is 4.51. The van der Waals surface area contributed by atoms with E-state index in [4.69, 9.17) is 5.14 Å². The number of carboxylic acid groups (broad SMARTS) is 1. The molecule has 2 heterocycles. The van der Waals surface area contributed by atoms with Crippen molar-refractivity contribution in [3.63, 3.8) is 0 Å². The highest BCUT2D eigenvalue weighted by Crippen LogP contribution is 2.36. The predicted molar refractivity (Wildman–Crippen MR) is 143 cm³/mol. The second kappa shape index (κ2) is 9.60. The molecule has 1 aliphatic rings. The number of fused-ring (bicyclic) bond motifs is 1. The first kappa shape index (κ1) is 29.0. The Kier molecular flexibility index (Phi) is 7.15. The maximum absolute atomic E-state index is 13.9. The molecule has 12 nitrogen and oxygen atoms in total. The minimum atomic E-state index is -5.26. The van der Waals surface area contributed by atoms with E-state index in [1.54, 1.807) is 30.3 Å². The van der Waals surface area contributed by atoms with Crippen molar-refractivity contribution in [3.05, 3.63) is 66.4 Å². The molecule has 39 heavy (non-hydrogen) atoms. The average molecular weight is 597 g/mol. The number of carboxylic acids is 1. The monoisotopic (exact) mass is 596 g/mol. The van der Waals surface area contributed by atoms with E-state index in [0.717, 1.165) is 5.56 Å². The minimum Gasteiger partial charge on any atom is -0.479 e. The molecule has 210 valence electrons. The van der Waals surface area contributed by atoms with E-state index < -0.39 is 65.4 Å². The molecule has 1 aliphatic heterocycles. The van der Waals surface area contributed by atoms with Crippen molar-refractivity contribution in [3.8, 4) is 0 Å². The van der Waals surface area contributed by atoms with Crippen molar-refractivity contribution in [2.24, 2.45) is 5.14 Å². The number of pyridine rings is 1. The van der Waals surface area contributed by atoms with Gasteiger partial charge in [-0.05, 0) is 35.2 Å². The van der Waals surface area contributed by atoms with Crippen molar-refractivity contribution in [2.45, 2.75) is 40.8 Å². The van der Waals surface area contributed by atoms with Crippen LogP contribution in [0.15, 0.2) is 70.6 Å². The molecule has 2 aromatic carbocycles. The highest BCUT2D eigenvalue weighted by molar-refractivity contribution is 7.94. The lowest BCUT2D eigenvalue weighted by atomic mass is 9.87. The molecule has 1 atom stereocenters. The molecule has 1 fully saturated rings. The number of primary sulfonamides is 1. The lowest BCUT2D eigenvalue weighted by molar-refractivity contribution is -0.145. The van der Waals surface area contributed by atoms with Crippen LogP contribution >= 0.6 is 0 Å². The highest BCUT2D eigenvalue weighted by Gasteiger charge is 2.63. The Morgan fingerprint density at radius 2 is 1.54 bits per heavy atom. The number of nitrogens with two attached hydrogens (primary N) is 1. The highest BCUT2D eigenvalue weighted by atomic mass is 32.2. The second-order valence-electron chi connectivity index (χ2n) is 10.2. The summed E-state index contributed by atoms with van der Waals surface area (Å²) in [6, 6.07) is 13.2. The third kappa shape index (κ3) is 4.83. The number of carbonyl (C=O) groups is 1. The summed E-state index contributed by atoms with van der Waals surface area (Å²) in [6.45, 7) is 3.24. The number of hydrogen-bond donors (Lipinski definition) is 2. The number of aliphatic carboxylic acids is 1. The molecular weight excluding hydrogens is 568 g/mol. The molecule has 0 radical (unpaired) electrons. The van der Waals surface area contributed by atoms with Crippen LogP contribution in [-0.2, 0) is 40.3 Å². The van der Waals surface area contributed by atoms with Crippen molar-refractivity contribution < 1.29 is 35.2 Å². The van der Waals surface area contributed by atoms with Crippen molar-refractivity contribution >= 4 is 46.9 Å². The Labute approximate surface area is 227 Å². The zero-order chi connectivity index (χ0) is 29.0. The van der Waals surface area contributed by atoms with E-state index in [2.05, 4.69) is 4.98 Å². The number of sulfonamides is 3. The van der Waals surface area contributed by atoms with Crippen LogP contribution in [0.5, 0.6) is 0 Å². The number of nitrogens with zero attached hydrogens (tertiary/aromatic N) is 3. The summed E-state index contributed by atoms with van der Waals surface area (Å²) in [5, 5.41) is 16.0. The zero-order valence-electron chi connectivity index (χ0n) is 21.3. The van der Waals surface area contributed by atoms with Gasteiger partial charge in [-0.3, -0.25) is 4.98 Å². The first-order chi connectivity index (χ1) is 17.9. The average Bonchev–Trinajstić information content (AvgIpc) is 2.86. The number of piperazine rings is 1. The molecule has 1 saturated heterocycles. The third-order valence-electron chi connectivity index (χ3n) is 6.67. The second-order valence-corrected chi connectivity index (χ2v) is 15.7. The van der Waals surface area contributed by atoms with Crippen LogP contribution in [0.25, 0.3) is 10.9 Å². The van der Waals surface area contributed by atoms with E-state index in [0.29, 0.717) is 9.69 Å². The maximum atomic E-state index is 13.9. The summed E-state index contributed by atoms with van der Waals surface area (Å²) in [7, 11) is -14.6. The third-order valence-corrected chi connectivity index (χ3v) is 12.1. The Bertz CT molecular complexity index is 1760. The van der Waals surface area contributed by atoms with Gasteiger partial charge in [-0.1, -0.05) is 51.1 Å². The summed E-state index contributed by atoms with van der Waals surface area (Å²) in [5.74, 6) is -2.13. The van der Waals surface area contributed by atoms with Crippen LogP contribution in [-0.4, -0.2) is 74.4 Å². The lowest BCUT2D eigenvalue weighted by Gasteiger charge is -2.44. The van der Waals surface area contributed by atoms with Crippen LogP contribution in [0.1, 0.15) is 26.3 Å². The first-order valence-corrected chi connectivity index (χ1v) is 16.1. The first-order valence-electron chi connectivity index (χ1n) is 11.7. The molecule has 3 aromatic rings. The molecule has 0 saturated carbocycles. The summed E-state index contributed by atoms with van der Waals surface area (Å²) < 4.78 is 81.4. The van der Waals surface area contributed by atoms with E-state index in [-0.39, 0.29) is 20.1 Å². The smallest absolute Gasteiger partial charge is 0.343 e.